The van der Waals surface area contributed by atoms with Crippen molar-refractivity contribution in [1.82, 2.24) is 0 Å². The van der Waals surface area contributed by atoms with E-state index in [1.807, 2.05) is 84.9 Å². The minimum atomic E-state index is -0.819. The van der Waals surface area contributed by atoms with Crippen molar-refractivity contribution in [3.63, 3.8) is 0 Å². The first-order valence-corrected chi connectivity index (χ1v) is 9.24. The third kappa shape index (κ3) is 3.49. The first-order valence-electron chi connectivity index (χ1n) is 9.24. The predicted molar refractivity (Wildman–Crippen MR) is 111 cm³/mol. The summed E-state index contributed by atoms with van der Waals surface area (Å²) in [7, 11) is 0. The molecule has 0 radical (unpaired) electrons. The molecule has 4 nitrogen and oxygen atoms in total. The van der Waals surface area contributed by atoms with Gasteiger partial charge in [0.25, 0.3) is 5.91 Å². The van der Waals surface area contributed by atoms with Gasteiger partial charge in [-0.2, -0.15) is 10.1 Å². The molecule has 0 aliphatic carbocycles. The summed E-state index contributed by atoms with van der Waals surface area (Å²) in [6.45, 7) is 1.74. The van der Waals surface area contributed by atoms with Crippen LogP contribution in [0, 0.1) is 5.92 Å². The molecule has 0 N–H and O–H groups in total. The Balaban J connectivity index is 1.53. The minimum Gasteiger partial charge on any atom is -0.298 e. The van der Waals surface area contributed by atoms with Crippen molar-refractivity contribution in [3.8, 4) is 11.1 Å². The average molecular weight is 368 g/mol. The molecular formula is C24H20N2O2. The fourth-order valence-corrected chi connectivity index (χ4v) is 3.49. The summed E-state index contributed by atoms with van der Waals surface area (Å²) in [4.78, 5) is 25.8. The summed E-state index contributed by atoms with van der Waals surface area (Å²) in [5.74, 6) is -1.23. The van der Waals surface area contributed by atoms with Crippen molar-refractivity contribution < 1.29 is 9.59 Å². The maximum absolute atomic E-state index is 12.9. The maximum Gasteiger partial charge on any atom is 0.263 e. The number of hydrogen-bond acceptors (Lipinski definition) is 3. The molecule has 1 atom stereocenters. The van der Waals surface area contributed by atoms with E-state index in [0.717, 1.165) is 16.7 Å². The summed E-state index contributed by atoms with van der Waals surface area (Å²) in [6.07, 6.45) is 0.201. The molecule has 28 heavy (non-hydrogen) atoms. The van der Waals surface area contributed by atoms with E-state index in [9.17, 15) is 9.59 Å². The highest BCUT2D eigenvalue weighted by Crippen LogP contribution is 2.26. The maximum atomic E-state index is 12.9. The number of para-hydroxylation sites is 1. The van der Waals surface area contributed by atoms with Crippen LogP contribution in [0.5, 0.6) is 0 Å². The van der Waals surface area contributed by atoms with Gasteiger partial charge in [-0.15, -0.1) is 0 Å². The van der Waals surface area contributed by atoms with Gasteiger partial charge in [-0.25, -0.2) is 0 Å². The van der Waals surface area contributed by atoms with E-state index in [2.05, 4.69) is 5.10 Å². The fraction of sp³-hybridized carbons (Fsp3) is 0.125. The lowest BCUT2D eigenvalue weighted by molar-refractivity contribution is -0.128. The van der Waals surface area contributed by atoms with Crippen LogP contribution >= 0.6 is 0 Å². The minimum absolute atomic E-state index is 0.130. The number of benzene rings is 3. The number of amides is 1. The van der Waals surface area contributed by atoms with E-state index >= 15 is 0 Å². The second-order valence-corrected chi connectivity index (χ2v) is 6.87. The summed E-state index contributed by atoms with van der Waals surface area (Å²) in [6, 6.07) is 27.1. The van der Waals surface area contributed by atoms with Crippen LogP contribution in [0.25, 0.3) is 11.1 Å². The van der Waals surface area contributed by atoms with Gasteiger partial charge in [0.15, 0.2) is 5.78 Å². The van der Waals surface area contributed by atoms with Crippen molar-refractivity contribution in [2.45, 2.75) is 13.3 Å². The van der Waals surface area contributed by atoms with Crippen molar-refractivity contribution >= 4 is 23.1 Å². The van der Waals surface area contributed by atoms with E-state index < -0.39 is 5.92 Å². The fourth-order valence-electron chi connectivity index (χ4n) is 3.49. The van der Waals surface area contributed by atoms with Gasteiger partial charge in [0.2, 0.25) is 0 Å². The lowest BCUT2D eigenvalue weighted by atomic mass is 9.93. The molecule has 4 rings (SSSR count). The second-order valence-electron chi connectivity index (χ2n) is 6.87. The van der Waals surface area contributed by atoms with E-state index in [1.54, 1.807) is 6.92 Å². The third-order valence-corrected chi connectivity index (χ3v) is 4.87. The van der Waals surface area contributed by atoms with E-state index in [0.29, 0.717) is 11.4 Å². The van der Waals surface area contributed by atoms with Crippen LogP contribution in [-0.2, 0) is 16.0 Å². The van der Waals surface area contributed by atoms with Crippen LogP contribution in [-0.4, -0.2) is 17.4 Å². The normalized spacial score (nSPS) is 16.2. The Bertz CT molecular complexity index is 1040. The van der Waals surface area contributed by atoms with Crippen LogP contribution < -0.4 is 5.01 Å². The molecule has 0 aromatic heterocycles. The Morgan fingerprint density at radius 2 is 1.54 bits per heavy atom. The molecular weight excluding hydrogens is 348 g/mol. The quantitative estimate of drug-likeness (QED) is 0.623. The molecule has 1 aliphatic heterocycles. The van der Waals surface area contributed by atoms with E-state index in [1.165, 1.54) is 5.01 Å². The van der Waals surface area contributed by atoms with Crippen molar-refractivity contribution in [1.29, 1.82) is 0 Å². The molecule has 1 heterocycles. The monoisotopic (exact) mass is 368 g/mol. The van der Waals surface area contributed by atoms with Crippen LogP contribution in [0.2, 0.25) is 0 Å². The highest BCUT2D eigenvalue weighted by Gasteiger charge is 2.39. The molecule has 1 amide bonds. The molecule has 4 heteroatoms. The third-order valence-electron chi connectivity index (χ3n) is 4.87. The van der Waals surface area contributed by atoms with Crippen molar-refractivity contribution in [3.05, 3.63) is 90.5 Å². The van der Waals surface area contributed by atoms with Crippen molar-refractivity contribution in [2.75, 3.05) is 5.01 Å². The van der Waals surface area contributed by atoms with Gasteiger partial charge < -0.3 is 0 Å². The molecule has 3 aromatic rings. The smallest absolute Gasteiger partial charge is 0.263 e. The zero-order chi connectivity index (χ0) is 19.5. The SMILES string of the molecule is CC1=NN(c2ccccc2)C(=O)C1C(=O)Cc1cccc(-c2ccccc2)c1. The topological polar surface area (TPSA) is 49.7 Å². The Kier molecular flexibility index (Phi) is 4.85. The Morgan fingerprint density at radius 1 is 0.893 bits per heavy atom. The Hall–Kier alpha value is -3.53. The van der Waals surface area contributed by atoms with Crippen molar-refractivity contribution in [2.24, 2.45) is 11.0 Å². The number of hydrogen-bond donors (Lipinski definition) is 0. The largest absolute Gasteiger partial charge is 0.298 e. The number of rotatable bonds is 5. The number of carbonyl (C=O) groups is 2. The van der Waals surface area contributed by atoms with Gasteiger partial charge in [0.05, 0.1) is 11.4 Å². The van der Waals surface area contributed by atoms with Gasteiger partial charge in [-0.1, -0.05) is 72.8 Å². The number of ketones is 1. The summed E-state index contributed by atoms with van der Waals surface area (Å²) < 4.78 is 0. The Labute approximate surface area is 164 Å². The molecule has 3 aromatic carbocycles. The lowest BCUT2D eigenvalue weighted by Crippen LogP contribution is -2.33. The van der Waals surface area contributed by atoms with Gasteiger partial charge in [0.1, 0.15) is 5.92 Å². The van der Waals surface area contributed by atoms with Crippen LogP contribution in [0.3, 0.4) is 0 Å². The molecule has 0 saturated heterocycles. The highest BCUT2D eigenvalue weighted by atomic mass is 16.2. The van der Waals surface area contributed by atoms with Crippen LogP contribution in [0.1, 0.15) is 12.5 Å². The standard InChI is InChI=1S/C24H20N2O2/c1-17-23(24(28)26(25-17)21-13-6-3-7-14-21)22(27)16-18-9-8-12-20(15-18)19-10-4-2-5-11-19/h2-15,23H,16H2,1H3. The second kappa shape index (κ2) is 7.61. The molecule has 0 bridgehead atoms. The van der Waals surface area contributed by atoms with Gasteiger partial charge in [0, 0.05) is 6.42 Å². The van der Waals surface area contributed by atoms with Crippen LogP contribution in [0.4, 0.5) is 5.69 Å². The highest BCUT2D eigenvalue weighted by molar-refractivity contribution is 6.27. The lowest BCUT2D eigenvalue weighted by Gasteiger charge is -2.14. The Morgan fingerprint density at radius 3 is 2.25 bits per heavy atom. The zero-order valence-corrected chi connectivity index (χ0v) is 15.6. The predicted octanol–water partition coefficient (Wildman–Crippen LogP) is 4.50. The molecule has 1 unspecified atom stereocenters. The molecule has 0 saturated carbocycles. The summed E-state index contributed by atoms with van der Waals surface area (Å²) >= 11 is 0. The van der Waals surface area contributed by atoms with Gasteiger partial charge >= 0.3 is 0 Å². The van der Waals surface area contributed by atoms with Gasteiger partial charge in [-0.3, -0.25) is 9.59 Å². The van der Waals surface area contributed by atoms with E-state index in [4.69, 9.17) is 0 Å². The molecule has 0 spiro atoms. The molecule has 138 valence electrons. The zero-order valence-electron chi connectivity index (χ0n) is 15.6. The molecule has 1 aliphatic rings. The average Bonchev–Trinajstić information content (AvgIpc) is 3.03. The number of carbonyl (C=O) groups excluding carboxylic acids is 2. The van der Waals surface area contributed by atoms with Gasteiger partial charge in [-0.05, 0) is 35.7 Å². The number of anilines is 1. The number of nitrogens with zero attached hydrogens (tertiary/aromatic N) is 2. The summed E-state index contributed by atoms with van der Waals surface area (Å²) in [5, 5.41) is 5.66. The van der Waals surface area contributed by atoms with Crippen LogP contribution in [0.15, 0.2) is 90.0 Å². The first kappa shape index (κ1) is 17.9. The summed E-state index contributed by atoms with van der Waals surface area (Å²) in [5.41, 5.74) is 4.26. The first-order chi connectivity index (χ1) is 13.6. The van der Waals surface area contributed by atoms with E-state index in [-0.39, 0.29) is 18.1 Å². The number of Topliss-reactive ketones (excluding diaryl/α,β-unsaturated/α-hetero) is 1. The molecule has 0 fully saturated rings. The number of hydrazone groups is 1.